The Kier molecular flexibility index (Phi) is 4.32. The number of hydrogen-bond acceptors (Lipinski definition) is 6. The van der Waals surface area contributed by atoms with Gasteiger partial charge in [-0.1, -0.05) is 6.07 Å². The number of nitro groups is 1. The molecule has 2 unspecified atom stereocenters. The molecular weight excluding hydrogens is 278 g/mol. The van der Waals surface area contributed by atoms with Gasteiger partial charge in [0.1, 0.15) is 6.10 Å². The number of rotatable bonds is 5. The highest BCUT2D eigenvalue weighted by Crippen LogP contribution is 2.22. The second kappa shape index (κ2) is 6.00. The van der Waals surface area contributed by atoms with Crippen LogP contribution in [0, 0.1) is 10.1 Å². The minimum absolute atomic E-state index is 0.0840. The van der Waals surface area contributed by atoms with Crippen LogP contribution in [0.1, 0.15) is 18.1 Å². The van der Waals surface area contributed by atoms with Gasteiger partial charge in [-0.05, 0) is 30.7 Å². The zero-order valence-electron chi connectivity index (χ0n) is 11.0. The van der Waals surface area contributed by atoms with Gasteiger partial charge in [0.05, 0.1) is 22.6 Å². The maximum absolute atomic E-state index is 12.0. The Balaban J connectivity index is 2.52. The summed E-state index contributed by atoms with van der Waals surface area (Å²) in [5, 5.41) is 30.6. The van der Waals surface area contributed by atoms with E-state index in [1.54, 1.807) is 0 Å². The van der Waals surface area contributed by atoms with E-state index in [2.05, 4.69) is 4.98 Å². The average Bonchev–Trinajstić information content (AvgIpc) is 2.46. The Morgan fingerprint density at radius 3 is 2.71 bits per heavy atom. The standard InChI is InChI=1S/C13H15N3O5/c14-4-3-11(17)12(18)7-1-2-9-8(5-7)13(19)10(6-15-9)16(20)21/h1-2,5-6,11-12,17-18H,3-4,14H2,(H,15,19). The summed E-state index contributed by atoms with van der Waals surface area (Å²) in [5.41, 5.74) is 4.71. The van der Waals surface area contributed by atoms with Crippen molar-refractivity contribution in [3.8, 4) is 0 Å². The van der Waals surface area contributed by atoms with Gasteiger partial charge in [-0.15, -0.1) is 0 Å². The third kappa shape index (κ3) is 2.92. The molecule has 1 aromatic carbocycles. The molecule has 112 valence electrons. The van der Waals surface area contributed by atoms with Crippen LogP contribution >= 0.6 is 0 Å². The average molecular weight is 293 g/mol. The molecule has 0 saturated heterocycles. The molecule has 0 amide bonds. The van der Waals surface area contributed by atoms with Gasteiger partial charge in [0.15, 0.2) is 0 Å². The number of benzene rings is 1. The number of fused-ring (bicyclic) bond motifs is 1. The van der Waals surface area contributed by atoms with Crippen molar-refractivity contribution < 1.29 is 15.1 Å². The van der Waals surface area contributed by atoms with E-state index in [0.29, 0.717) is 11.1 Å². The highest BCUT2D eigenvalue weighted by atomic mass is 16.6. The third-order valence-electron chi connectivity index (χ3n) is 3.25. The lowest BCUT2D eigenvalue weighted by Gasteiger charge is -2.17. The smallest absolute Gasteiger partial charge is 0.332 e. The molecule has 1 heterocycles. The van der Waals surface area contributed by atoms with Crippen molar-refractivity contribution in [2.24, 2.45) is 5.73 Å². The third-order valence-corrected chi connectivity index (χ3v) is 3.25. The lowest BCUT2D eigenvalue weighted by molar-refractivity contribution is -0.386. The number of nitrogens with one attached hydrogen (secondary N) is 1. The first kappa shape index (κ1) is 15.1. The summed E-state index contributed by atoms with van der Waals surface area (Å²) in [4.78, 5) is 24.7. The van der Waals surface area contributed by atoms with E-state index in [1.165, 1.54) is 18.2 Å². The summed E-state index contributed by atoms with van der Waals surface area (Å²) in [7, 11) is 0. The molecule has 5 N–H and O–H groups in total. The first-order valence-electron chi connectivity index (χ1n) is 6.31. The van der Waals surface area contributed by atoms with Gasteiger partial charge in [0.2, 0.25) is 0 Å². The molecule has 1 aromatic heterocycles. The number of aliphatic hydroxyl groups is 2. The number of hydrogen-bond donors (Lipinski definition) is 4. The SMILES string of the molecule is NCCC(O)C(O)c1ccc2[nH]cc([N+](=O)[O-])c(=O)c2c1. The van der Waals surface area contributed by atoms with Crippen molar-refractivity contribution in [3.05, 3.63) is 50.3 Å². The van der Waals surface area contributed by atoms with Crippen molar-refractivity contribution in [3.63, 3.8) is 0 Å². The minimum Gasteiger partial charge on any atom is -0.390 e. The molecule has 0 aliphatic heterocycles. The van der Waals surface area contributed by atoms with Crippen molar-refractivity contribution in [1.29, 1.82) is 0 Å². The molecule has 8 nitrogen and oxygen atoms in total. The van der Waals surface area contributed by atoms with Crippen LogP contribution in [-0.2, 0) is 0 Å². The molecule has 0 spiro atoms. The molecule has 2 aromatic rings. The van der Waals surface area contributed by atoms with Gasteiger partial charge in [0, 0.05) is 5.52 Å². The molecule has 0 radical (unpaired) electrons. The van der Waals surface area contributed by atoms with Crippen LogP contribution in [0.3, 0.4) is 0 Å². The Labute approximate surface area is 119 Å². The Morgan fingerprint density at radius 2 is 2.10 bits per heavy atom. The molecule has 2 atom stereocenters. The van der Waals surface area contributed by atoms with Crippen molar-refractivity contribution in [2.45, 2.75) is 18.6 Å². The highest BCUT2D eigenvalue weighted by Gasteiger charge is 2.20. The number of aromatic nitrogens is 1. The Bertz CT molecular complexity index is 727. The maximum Gasteiger partial charge on any atom is 0.332 e. The molecule has 0 saturated carbocycles. The number of nitrogens with two attached hydrogens (primary N) is 1. The number of pyridine rings is 1. The van der Waals surface area contributed by atoms with Gasteiger partial charge in [-0.3, -0.25) is 14.9 Å². The Hall–Kier alpha value is -2.29. The summed E-state index contributed by atoms with van der Waals surface area (Å²) < 4.78 is 0. The summed E-state index contributed by atoms with van der Waals surface area (Å²) in [6.07, 6.45) is -1.05. The molecule has 0 aliphatic carbocycles. The van der Waals surface area contributed by atoms with E-state index in [-0.39, 0.29) is 18.4 Å². The lowest BCUT2D eigenvalue weighted by atomic mass is 10.00. The van der Waals surface area contributed by atoms with Gasteiger partial charge in [-0.25, -0.2) is 0 Å². The van der Waals surface area contributed by atoms with Crippen molar-refractivity contribution in [2.75, 3.05) is 6.54 Å². The van der Waals surface area contributed by atoms with Gasteiger partial charge in [0.25, 0.3) is 5.43 Å². The zero-order valence-corrected chi connectivity index (χ0v) is 11.0. The minimum atomic E-state index is -1.21. The molecule has 2 rings (SSSR count). The van der Waals surface area contributed by atoms with Crippen LogP contribution in [0.4, 0.5) is 5.69 Å². The van der Waals surface area contributed by atoms with E-state index in [9.17, 15) is 25.1 Å². The van der Waals surface area contributed by atoms with Crippen LogP contribution in [0.15, 0.2) is 29.2 Å². The number of H-pyrrole nitrogens is 1. The van der Waals surface area contributed by atoms with E-state index < -0.39 is 28.2 Å². The number of nitrogens with zero attached hydrogens (tertiary/aromatic N) is 1. The largest absolute Gasteiger partial charge is 0.390 e. The van der Waals surface area contributed by atoms with Crippen molar-refractivity contribution in [1.82, 2.24) is 4.98 Å². The molecule has 0 fully saturated rings. The normalized spacial score (nSPS) is 14.0. The molecule has 0 bridgehead atoms. The van der Waals surface area contributed by atoms with E-state index >= 15 is 0 Å². The zero-order chi connectivity index (χ0) is 15.6. The summed E-state index contributed by atoms with van der Waals surface area (Å²) in [6.45, 7) is 0.206. The summed E-state index contributed by atoms with van der Waals surface area (Å²) in [5.74, 6) is 0. The van der Waals surface area contributed by atoms with E-state index in [0.717, 1.165) is 6.20 Å². The predicted molar refractivity (Wildman–Crippen MR) is 75.9 cm³/mol. The highest BCUT2D eigenvalue weighted by molar-refractivity contribution is 5.81. The van der Waals surface area contributed by atoms with E-state index in [1.807, 2.05) is 0 Å². The molecule has 21 heavy (non-hydrogen) atoms. The molecule has 8 heteroatoms. The van der Waals surface area contributed by atoms with Gasteiger partial charge < -0.3 is 20.9 Å². The monoisotopic (exact) mass is 293 g/mol. The number of aromatic amines is 1. The first-order valence-corrected chi connectivity index (χ1v) is 6.31. The fourth-order valence-corrected chi connectivity index (χ4v) is 2.10. The van der Waals surface area contributed by atoms with Crippen LogP contribution in [0.25, 0.3) is 10.9 Å². The van der Waals surface area contributed by atoms with Gasteiger partial charge >= 0.3 is 5.69 Å². The summed E-state index contributed by atoms with van der Waals surface area (Å²) in [6, 6.07) is 4.40. The predicted octanol–water partition coefficient (Wildman–Crippen LogP) is 0.179. The second-order valence-electron chi connectivity index (χ2n) is 4.65. The first-order chi connectivity index (χ1) is 9.95. The quantitative estimate of drug-likeness (QED) is 0.457. The fourth-order valence-electron chi connectivity index (χ4n) is 2.10. The molecule has 0 aliphatic rings. The Morgan fingerprint density at radius 1 is 1.38 bits per heavy atom. The van der Waals surface area contributed by atoms with Crippen LogP contribution in [-0.4, -0.2) is 32.8 Å². The van der Waals surface area contributed by atoms with E-state index in [4.69, 9.17) is 5.73 Å². The molecular formula is C13H15N3O5. The topological polar surface area (TPSA) is 142 Å². The van der Waals surface area contributed by atoms with Crippen LogP contribution in [0.2, 0.25) is 0 Å². The van der Waals surface area contributed by atoms with Crippen LogP contribution < -0.4 is 11.2 Å². The maximum atomic E-state index is 12.0. The van der Waals surface area contributed by atoms with Crippen LogP contribution in [0.5, 0.6) is 0 Å². The second-order valence-corrected chi connectivity index (χ2v) is 4.65. The lowest BCUT2D eigenvalue weighted by Crippen LogP contribution is -2.22. The van der Waals surface area contributed by atoms with Crippen molar-refractivity contribution >= 4 is 16.6 Å². The number of aliphatic hydroxyl groups excluding tert-OH is 2. The fraction of sp³-hybridized carbons (Fsp3) is 0.308. The summed E-state index contributed by atoms with van der Waals surface area (Å²) >= 11 is 0. The van der Waals surface area contributed by atoms with Gasteiger partial charge in [-0.2, -0.15) is 0 Å².